The number of morpholine rings is 1. The summed E-state index contributed by atoms with van der Waals surface area (Å²) in [6.45, 7) is 1.97. The van der Waals surface area contributed by atoms with Crippen LogP contribution in [0.15, 0.2) is 21.7 Å². The molecule has 3 heterocycles. The molecule has 4 rings (SSSR count). The molecule has 2 N–H and O–H groups in total. The van der Waals surface area contributed by atoms with Gasteiger partial charge in [0.15, 0.2) is 5.65 Å². The van der Waals surface area contributed by atoms with Crippen LogP contribution in [0.4, 0.5) is 11.4 Å². The zero-order valence-electron chi connectivity index (χ0n) is 12.3. The number of hydrogen-bond acceptors (Lipinski definition) is 7. The molecule has 1 fully saturated rings. The van der Waals surface area contributed by atoms with E-state index >= 15 is 0 Å². The van der Waals surface area contributed by atoms with Crippen LogP contribution in [0, 0.1) is 10.1 Å². The predicted octanol–water partition coefficient (Wildman–Crippen LogP) is -0.391. The number of H-pyrrole nitrogens is 2. The Morgan fingerprint density at radius 1 is 1.21 bits per heavy atom. The van der Waals surface area contributed by atoms with Crippen LogP contribution in [0.2, 0.25) is 0 Å². The van der Waals surface area contributed by atoms with Crippen molar-refractivity contribution in [1.29, 1.82) is 0 Å². The number of rotatable bonds is 2. The number of hydrogen-bond donors (Lipinski definition) is 2. The lowest BCUT2D eigenvalue weighted by atomic mass is 10.1. The molecular formula is C13H12N6O5. The van der Waals surface area contributed by atoms with Crippen molar-refractivity contribution in [3.05, 3.63) is 43.2 Å². The second kappa shape index (κ2) is 5.16. The van der Waals surface area contributed by atoms with Crippen LogP contribution < -0.4 is 16.3 Å². The number of nitro benzene ring substituents is 1. The van der Waals surface area contributed by atoms with Crippen LogP contribution in [-0.2, 0) is 4.74 Å². The molecular weight excluding hydrogens is 320 g/mol. The Morgan fingerprint density at radius 3 is 2.67 bits per heavy atom. The molecule has 2 aromatic heterocycles. The summed E-state index contributed by atoms with van der Waals surface area (Å²) >= 11 is 0. The summed E-state index contributed by atoms with van der Waals surface area (Å²) in [5.41, 5.74) is -0.718. The molecule has 0 unspecified atom stereocenters. The third-order valence-corrected chi connectivity index (χ3v) is 4.02. The fourth-order valence-electron chi connectivity index (χ4n) is 2.91. The fourth-order valence-corrected chi connectivity index (χ4v) is 2.91. The van der Waals surface area contributed by atoms with Crippen LogP contribution in [-0.4, -0.2) is 50.8 Å². The molecule has 0 atom stereocenters. The van der Waals surface area contributed by atoms with Crippen molar-refractivity contribution in [2.75, 3.05) is 31.2 Å². The van der Waals surface area contributed by atoms with Gasteiger partial charge in [0.05, 0.1) is 23.7 Å². The van der Waals surface area contributed by atoms with E-state index in [9.17, 15) is 19.7 Å². The van der Waals surface area contributed by atoms with Crippen LogP contribution in [0.5, 0.6) is 0 Å². The molecule has 11 heteroatoms. The third kappa shape index (κ3) is 2.06. The molecule has 1 aromatic carbocycles. The average molecular weight is 332 g/mol. The minimum absolute atomic E-state index is 0.123. The van der Waals surface area contributed by atoms with Gasteiger partial charge in [0.25, 0.3) is 5.69 Å². The molecule has 0 amide bonds. The van der Waals surface area contributed by atoms with E-state index in [-0.39, 0.29) is 16.9 Å². The normalized spacial score (nSPS) is 15.2. The average Bonchev–Trinajstić information content (AvgIpc) is 2.97. The van der Waals surface area contributed by atoms with E-state index in [0.717, 1.165) is 4.40 Å². The molecule has 24 heavy (non-hydrogen) atoms. The van der Waals surface area contributed by atoms with Crippen molar-refractivity contribution in [3.8, 4) is 0 Å². The molecule has 0 saturated carbocycles. The van der Waals surface area contributed by atoms with Crippen molar-refractivity contribution in [3.63, 3.8) is 0 Å². The van der Waals surface area contributed by atoms with Gasteiger partial charge in [-0.2, -0.15) is 9.50 Å². The maximum Gasteiger partial charge on any atom is 0.351 e. The van der Waals surface area contributed by atoms with Crippen molar-refractivity contribution in [2.24, 2.45) is 0 Å². The first kappa shape index (κ1) is 14.4. The molecule has 0 bridgehead atoms. The van der Waals surface area contributed by atoms with E-state index in [0.29, 0.717) is 37.4 Å². The second-order valence-corrected chi connectivity index (χ2v) is 5.36. The SMILES string of the molecule is O=c1[nH]nc2c3cc(N4CCOCC4)c([N+](=O)[O-])cc3[nH]c(=O)n12. The molecule has 1 saturated heterocycles. The smallest absolute Gasteiger partial charge is 0.351 e. The molecule has 3 aromatic rings. The fraction of sp³-hybridized carbons (Fsp3) is 0.308. The monoisotopic (exact) mass is 332 g/mol. The van der Waals surface area contributed by atoms with Crippen molar-refractivity contribution in [1.82, 2.24) is 19.6 Å². The van der Waals surface area contributed by atoms with Gasteiger partial charge in [-0.25, -0.2) is 14.7 Å². The zero-order valence-corrected chi connectivity index (χ0v) is 12.3. The maximum absolute atomic E-state index is 12.0. The summed E-state index contributed by atoms with van der Waals surface area (Å²) < 4.78 is 6.13. The predicted molar refractivity (Wildman–Crippen MR) is 83.6 cm³/mol. The number of nitrogens with zero attached hydrogens (tertiary/aromatic N) is 4. The van der Waals surface area contributed by atoms with Gasteiger partial charge < -0.3 is 14.6 Å². The summed E-state index contributed by atoms with van der Waals surface area (Å²) in [4.78, 5) is 39.0. The summed E-state index contributed by atoms with van der Waals surface area (Å²) in [6.07, 6.45) is 0. The number of benzene rings is 1. The quantitative estimate of drug-likeness (QED) is 0.481. The summed E-state index contributed by atoms with van der Waals surface area (Å²) in [7, 11) is 0. The van der Waals surface area contributed by atoms with Crippen molar-refractivity contribution >= 4 is 27.9 Å². The Bertz CT molecular complexity index is 1070. The van der Waals surface area contributed by atoms with E-state index in [1.165, 1.54) is 6.07 Å². The summed E-state index contributed by atoms with van der Waals surface area (Å²) in [5.74, 6) is 0. The first-order valence-electron chi connectivity index (χ1n) is 7.20. The number of fused-ring (bicyclic) bond motifs is 3. The minimum atomic E-state index is -0.704. The van der Waals surface area contributed by atoms with Gasteiger partial charge in [0, 0.05) is 24.5 Å². The third-order valence-electron chi connectivity index (χ3n) is 4.02. The van der Waals surface area contributed by atoms with Gasteiger partial charge >= 0.3 is 11.4 Å². The van der Waals surface area contributed by atoms with Gasteiger partial charge in [-0.1, -0.05) is 0 Å². The zero-order chi connectivity index (χ0) is 16.8. The highest BCUT2D eigenvalue weighted by atomic mass is 16.6. The van der Waals surface area contributed by atoms with Crippen molar-refractivity contribution in [2.45, 2.75) is 0 Å². The van der Waals surface area contributed by atoms with Gasteiger partial charge in [-0.15, -0.1) is 0 Å². The highest BCUT2D eigenvalue weighted by molar-refractivity contribution is 5.96. The van der Waals surface area contributed by atoms with Crippen LogP contribution >= 0.6 is 0 Å². The first-order valence-corrected chi connectivity index (χ1v) is 7.20. The lowest BCUT2D eigenvalue weighted by Crippen LogP contribution is -2.36. The van der Waals surface area contributed by atoms with Crippen LogP contribution in [0.3, 0.4) is 0 Å². The molecule has 1 aliphatic rings. The molecule has 11 nitrogen and oxygen atoms in total. The summed E-state index contributed by atoms with van der Waals surface area (Å²) in [6, 6.07) is 2.87. The Morgan fingerprint density at radius 2 is 1.96 bits per heavy atom. The molecule has 124 valence electrons. The topological polar surface area (TPSA) is 139 Å². The van der Waals surface area contributed by atoms with Gasteiger partial charge in [-0.3, -0.25) is 10.1 Å². The lowest BCUT2D eigenvalue weighted by Gasteiger charge is -2.28. The maximum atomic E-state index is 12.0. The molecule has 1 aliphatic heterocycles. The summed E-state index contributed by atoms with van der Waals surface area (Å²) in [5, 5.41) is 18.0. The Balaban J connectivity index is 2.06. The molecule has 0 radical (unpaired) electrons. The van der Waals surface area contributed by atoms with E-state index in [1.54, 1.807) is 6.07 Å². The van der Waals surface area contributed by atoms with Crippen LogP contribution in [0.25, 0.3) is 16.6 Å². The number of nitrogens with one attached hydrogen (secondary N) is 2. The number of ether oxygens (including phenoxy) is 1. The largest absolute Gasteiger partial charge is 0.378 e. The van der Waals surface area contributed by atoms with E-state index in [4.69, 9.17) is 4.74 Å². The number of aromatic nitrogens is 4. The standard InChI is InChI=1S/C13H12N6O5/c20-12-14-8-6-10(19(22)23)9(17-1-3-24-4-2-17)5-7(8)11-15-16-13(21)18(11)12/h5-6H,1-4H2,(H,14,20)(H,16,21). The van der Waals surface area contributed by atoms with E-state index < -0.39 is 16.3 Å². The Kier molecular flexibility index (Phi) is 3.09. The highest BCUT2D eigenvalue weighted by Crippen LogP contribution is 2.33. The number of nitro groups is 1. The molecule has 0 aliphatic carbocycles. The Labute approximate surface area is 132 Å². The van der Waals surface area contributed by atoms with E-state index in [2.05, 4.69) is 15.2 Å². The second-order valence-electron chi connectivity index (χ2n) is 5.36. The van der Waals surface area contributed by atoms with Gasteiger partial charge in [0.2, 0.25) is 0 Å². The van der Waals surface area contributed by atoms with Gasteiger partial charge in [-0.05, 0) is 6.07 Å². The first-order chi connectivity index (χ1) is 11.6. The molecule has 0 spiro atoms. The number of anilines is 1. The lowest BCUT2D eigenvalue weighted by molar-refractivity contribution is -0.384. The Hall–Kier alpha value is -3.21. The van der Waals surface area contributed by atoms with Crippen LogP contribution in [0.1, 0.15) is 0 Å². The van der Waals surface area contributed by atoms with E-state index in [1.807, 2.05) is 4.90 Å². The minimum Gasteiger partial charge on any atom is -0.378 e. The highest BCUT2D eigenvalue weighted by Gasteiger charge is 2.24. The van der Waals surface area contributed by atoms with Crippen molar-refractivity contribution < 1.29 is 9.66 Å². The van der Waals surface area contributed by atoms with Gasteiger partial charge in [0.1, 0.15) is 5.69 Å². The number of aromatic amines is 2.